The molecule has 33 heavy (non-hydrogen) atoms. The van der Waals surface area contributed by atoms with E-state index in [1.807, 2.05) is 59.2 Å². The fourth-order valence-electron chi connectivity index (χ4n) is 3.40. The third kappa shape index (κ3) is 5.46. The molecule has 0 saturated carbocycles. The summed E-state index contributed by atoms with van der Waals surface area (Å²) in [4.78, 5) is 12.6. The summed E-state index contributed by atoms with van der Waals surface area (Å²) in [7, 11) is 0. The van der Waals surface area contributed by atoms with Gasteiger partial charge in [0.25, 0.3) is 0 Å². The lowest BCUT2D eigenvalue weighted by Gasteiger charge is -2.12. The molecule has 0 radical (unpaired) electrons. The van der Waals surface area contributed by atoms with Crippen molar-refractivity contribution in [1.82, 2.24) is 14.8 Å². The summed E-state index contributed by atoms with van der Waals surface area (Å²) >= 11 is 7.43. The van der Waals surface area contributed by atoms with Crippen molar-refractivity contribution in [1.29, 1.82) is 0 Å². The minimum Gasteiger partial charge on any atom is -0.325 e. The summed E-state index contributed by atoms with van der Waals surface area (Å²) in [5.74, 6) is 0.832. The van der Waals surface area contributed by atoms with Gasteiger partial charge in [0.1, 0.15) is 0 Å². The fraction of sp³-hybridized carbons (Fsp3) is 0.192. The maximum Gasteiger partial charge on any atom is 0.234 e. The fourth-order valence-corrected chi connectivity index (χ4v) is 4.28. The SMILES string of the molecule is CCc1ccc(NC(=O)CSc2nnc(-c3ccc(Cl)cc3)n2-c2ccc(C)c(C)c2)cc1. The molecule has 0 bridgehead atoms. The Labute approximate surface area is 203 Å². The van der Waals surface area contributed by atoms with Crippen LogP contribution in [-0.4, -0.2) is 26.4 Å². The lowest BCUT2D eigenvalue weighted by atomic mass is 10.1. The van der Waals surface area contributed by atoms with Gasteiger partial charge in [0, 0.05) is 16.3 Å². The lowest BCUT2D eigenvalue weighted by molar-refractivity contribution is -0.113. The third-order valence-corrected chi connectivity index (χ3v) is 6.64. The summed E-state index contributed by atoms with van der Waals surface area (Å²) in [6, 6.07) is 21.7. The van der Waals surface area contributed by atoms with Crippen molar-refractivity contribution >= 4 is 35.0 Å². The minimum absolute atomic E-state index is 0.0908. The monoisotopic (exact) mass is 476 g/mol. The second kappa shape index (κ2) is 10.2. The first kappa shape index (κ1) is 23.1. The van der Waals surface area contributed by atoms with Crippen LogP contribution in [0.2, 0.25) is 5.02 Å². The van der Waals surface area contributed by atoms with Gasteiger partial charge in [-0.1, -0.05) is 48.5 Å². The molecular formula is C26H25ClN4OS. The molecule has 4 rings (SSSR count). The van der Waals surface area contributed by atoms with Crippen molar-refractivity contribution in [2.45, 2.75) is 32.3 Å². The Hall–Kier alpha value is -3.09. The molecule has 0 aliphatic heterocycles. The van der Waals surface area contributed by atoms with Gasteiger partial charge in [-0.05, 0) is 85.5 Å². The number of carbonyl (C=O) groups is 1. The van der Waals surface area contributed by atoms with Gasteiger partial charge in [-0.2, -0.15) is 0 Å². The van der Waals surface area contributed by atoms with E-state index in [0.29, 0.717) is 16.0 Å². The van der Waals surface area contributed by atoms with E-state index >= 15 is 0 Å². The van der Waals surface area contributed by atoms with Crippen LogP contribution in [-0.2, 0) is 11.2 Å². The number of rotatable bonds is 7. The van der Waals surface area contributed by atoms with Crippen LogP contribution >= 0.6 is 23.4 Å². The Morgan fingerprint density at radius 1 is 0.970 bits per heavy atom. The van der Waals surface area contributed by atoms with Crippen LogP contribution < -0.4 is 5.32 Å². The molecule has 0 atom stereocenters. The van der Waals surface area contributed by atoms with Gasteiger partial charge < -0.3 is 5.32 Å². The second-order valence-corrected chi connectivity index (χ2v) is 9.18. The van der Waals surface area contributed by atoms with Crippen LogP contribution in [0, 0.1) is 13.8 Å². The van der Waals surface area contributed by atoms with Crippen molar-refractivity contribution in [2.24, 2.45) is 0 Å². The number of halogens is 1. The van der Waals surface area contributed by atoms with E-state index in [-0.39, 0.29) is 11.7 Å². The number of hydrogen-bond acceptors (Lipinski definition) is 4. The zero-order valence-corrected chi connectivity index (χ0v) is 20.4. The van der Waals surface area contributed by atoms with Crippen LogP contribution in [0.15, 0.2) is 71.9 Å². The summed E-state index contributed by atoms with van der Waals surface area (Å²) in [5.41, 5.74) is 6.26. The maximum absolute atomic E-state index is 12.6. The molecule has 5 nitrogen and oxygen atoms in total. The number of hydrogen-bond donors (Lipinski definition) is 1. The predicted molar refractivity (Wildman–Crippen MR) is 136 cm³/mol. The van der Waals surface area contributed by atoms with Gasteiger partial charge in [-0.15, -0.1) is 10.2 Å². The average molecular weight is 477 g/mol. The first-order valence-electron chi connectivity index (χ1n) is 10.7. The zero-order valence-electron chi connectivity index (χ0n) is 18.8. The highest BCUT2D eigenvalue weighted by Gasteiger charge is 2.18. The van der Waals surface area contributed by atoms with E-state index in [1.165, 1.54) is 28.5 Å². The van der Waals surface area contributed by atoms with E-state index < -0.39 is 0 Å². The van der Waals surface area contributed by atoms with Gasteiger partial charge in [0.2, 0.25) is 5.91 Å². The summed E-state index contributed by atoms with van der Waals surface area (Å²) in [5, 5.41) is 13.1. The molecule has 1 aromatic heterocycles. The number of carbonyl (C=O) groups excluding carboxylic acids is 1. The first-order valence-corrected chi connectivity index (χ1v) is 12.1. The maximum atomic E-state index is 12.6. The number of benzene rings is 3. The second-order valence-electron chi connectivity index (χ2n) is 7.80. The van der Waals surface area contributed by atoms with Crippen LogP contribution in [0.1, 0.15) is 23.6 Å². The number of aryl methyl sites for hydroxylation is 3. The highest BCUT2D eigenvalue weighted by Crippen LogP contribution is 2.29. The first-order chi connectivity index (χ1) is 15.9. The van der Waals surface area contributed by atoms with E-state index in [4.69, 9.17) is 11.6 Å². The van der Waals surface area contributed by atoms with E-state index in [9.17, 15) is 4.79 Å². The zero-order chi connectivity index (χ0) is 23.4. The van der Waals surface area contributed by atoms with Crippen LogP contribution in [0.25, 0.3) is 17.1 Å². The molecule has 0 spiro atoms. The molecule has 4 aromatic rings. The Morgan fingerprint density at radius 2 is 1.70 bits per heavy atom. The predicted octanol–water partition coefficient (Wildman–Crippen LogP) is 6.50. The highest BCUT2D eigenvalue weighted by molar-refractivity contribution is 7.99. The van der Waals surface area contributed by atoms with Gasteiger partial charge in [0.15, 0.2) is 11.0 Å². The number of anilines is 1. The van der Waals surface area contributed by atoms with Crippen molar-refractivity contribution in [3.05, 3.63) is 88.4 Å². The number of nitrogens with zero attached hydrogens (tertiary/aromatic N) is 3. The highest BCUT2D eigenvalue weighted by atomic mass is 35.5. The molecular weight excluding hydrogens is 452 g/mol. The number of aromatic nitrogens is 3. The standard InChI is InChI=1S/C26H25ClN4OS/c1-4-19-6-12-22(13-7-19)28-24(32)16-33-26-30-29-25(20-8-10-21(27)11-9-20)31(26)23-14-5-17(2)18(3)15-23/h5-15H,4,16H2,1-3H3,(H,28,32). The van der Waals surface area contributed by atoms with Crippen molar-refractivity contribution in [3.63, 3.8) is 0 Å². The van der Waals surface area contributed by atoms with Gasteiger partial charge in [-0.25, -0.2) is 0 Å². The Bertz CT molecular complexity index is 1270. The van der Waals surface area contributed by atoms with Crippen molar-refractivity contribution < 1.29 is 4.79 Å². The third-order valence-electron chi connectivity index (χ3n) is 5.46. The quantitative estimate of drug-likeness (QED) is 0.309. The number of amides is 1. The lowest BCUT2D eigenvalue weighted by Crippen LogP contribution is -2.14. The topological polar surface area (TPSA) is 59.8 Å². The Kier molecular flexibility index (Phi) is 7.16. The molecule has 7 heteroatoms. The van der Waals surface area contributed by atoms with Crippen molar-refractivity contribution in [3.8, 4) is 17.1 Å². The summed E-state index contributed by atoms with van der Waals surface area (Å²) < 4.78 is 1.99. The largest absolute Gasteiger partial charge is 0.325 e. The molecule has 1 N–H and O–H groups in total. The molecule has 0 aliphatic rings. The summed E-state index contributed by atoms with van der Waals surface area (Å²) in [6.07, 6.45) is 0.966. The molecule has 0 aliphatic carbocycles. The van der Waals surface area contributed by atoms with Gasteiger partial charge in [-0.3, -0.25) is 9.36 Å². The van der Waals surface area contributed by atoms with Crippen LogP contribution in [0.4, 0.5) is 5.69 Å². The van der Waals surface area contributed by atoms with Crippen molar-refractivity contribution in [2.75, 3.05) is 11.1 Å². The molecule has 0 unspecified atom stereocenters. The van der Waals surface area contributed by atoms with E-state index in [2.05, 4.69) is 48.4 Å². The smallest absolute Gasteiger partial charge is 0.234 e. The van der Waals surface area contributed by atoms with Crippen LogP contribution in [0.3, 0.4) is 0 Å². The molecule has 0 saturated heterocycles. The molecule has 0 fully saturated rings. The molecule has 168 valence electrons. The molecule has 1 heterocycles. The van der Waals surface area contributed by atoms with E-state index in [0.717, 1.165) is 23.4 Å². The number of thioether (sulfide) groups is 1. The normalized spacial score (nSPS) is 10.9. The Morgan fingerprint density at radius 3 is 2.36 bits per heavy atom. The van der Waals surface area contributed by atoms with Gasteiger partial charge in [0.05, 0.1) is 11.4 Å². The summed E-state index contributed by atoms with van der Waals surface area (Å²) in [6.45, 7) is 6.27. The molecule has 1 amide bonds. The minimum atomic E-state index is -0.0908. The van der Waals surface area contributed by atoms with E-state index in [1.54, 1.807) is 0 Å². The number of nitrogens with one attached hydrogen (secondary N) is 1. The Balaban J connectivity index is 1.59. The van der Waals surface area contributed by atoms with Gasteiger partial charge >= 0.3 is 0 Å². The average Bonchev–Trinajstić information content (AvgIpc) is 3.24. The van der Waals surface area contributed by atoms with Crippen LogP contribution in [0.5, 0.6) is 0 Å². The molecule has 3 aromatic carbocycles.